The monoisotopic (exact) mass is 499 g/mol. The van der Waals surface area contributed by atoms with Crippen LogP contribution < -0.4 is 5.56 Å². The van der Waals surface area contributed by atoms with Gasteiger partial charge < -0.3 is 20.1 Å². The van der Waals surface area contributed by atoms with Crippen LogP contribution in [0.1, 0.15) is 45.7 Å². The summed E-state index contributed by atoms with van der Waals surface area (Å²) in [5, 5.41) is 20.9. The number of fused-ring (bicyclic) bond motifs is 4. The summed E-state index contributed by atoms with van der Waals surface area (Å²) in [6.07, 6.45) is 0.917. The van der Waals surface area contributed by atoms with Crippen LogP contribution >= 0.6 is 0 Å². The van der Waals surface area contributed by atoms with E-state index < -0.39 is 23.9 Å². The lowest BCUT2D eigenvalue weighted by Gasteiger charge is -2.23. The van der Waals surface area contributed by atoms with E-state index in [-0.39, 0.29) is 24.9 Å². The number of nitrogens with one attached hydrogen (secondary N) is 1. The standard InChI is InChI=1S/C28H25N3O6/c1-15-29-22-9-7-18-6-4-17(13-21(18)25(22)26(34)30-15)3-2-16-5-8-20-19(12-16)14-31(27(20)35)23(28(36)37)10-11-24(32)33/h4-9,12-13,23H,2-3,10-11,14H2,1H3,(H,32,33)(H,36,37)(H,29,30,34). The summed E-state index contributed by atoms with van der Waals surface area (Å²) in [7, 11) is 0. The minimum atomic E-state index is -1.21. The minimum Gasteiger partial charge on any atom is -0.481 e. The van der Waals surface area contributed by atoms with Gasteiger partial charge in [0.2, 0.25) is 0 Å². The molecule has 1 aliphatic rings. The molecule has 0 aliphatic carbocycles. The van der Waals surface area contributed by atoms with Gasteiger partial charge in [-0.15, -0.1) is 0 Å². The first kappa shape index (κ1) is 24.2. The predicted octanol–water partition coefficient (Wildman–Crippen LogP) is 3.44. The van der Waals surface area contributed by atoms with E-state index in [2.05, 4.69) is 9.97 Å². The number of H-pyrrole nitrogens is 1. The molecular weight excluding hydrogens is 474 g/mol. The number of carbonyl (C=O) groups excluding carboxylic acids is 1. The molecule has 0 bridgehead atoms. The predicted molar refractivity (Wildman–Crippen MR) is 137 cm³/mol. The highest BCUT2D eigenvalue weighted by molar-refractivity contribution is 6.06. The molecule has 37 heavy (non-hydrogen) atoms. The number of carboxylic acid groups (broad SMARTS) is 2. The third-order valence-electron chi connectivity index (χ3n) is 6.87. The van der Waals surface area contributed by atoms with Gasteiger partial charge in [0.25, 0.3) is 11.5 Å². The van der Waals surface area contributed by atoms with Crippen LogP contribution in [0.5, 0.6) is 0 Å². The van der Waals surface area contributed by atoms with Crippen LogP contribution in [0.3, 0.4) is 0 Å². The molecule has 0 spiro atoms. The van der Waals surface area contributed by atoms with E-state index in [4.69, 9.17) is 5.11 Å². The van der Waals surface area contributed by atoms with Crippen LogP contribution in [-0.2, 0) is 29.0 Å². The van der Waals surface area contributed by atoms with Gasteiger partial charge in [-0.3, -0.25) is 14.4 Å². The Balaban J connectivity index is 1.36. The summed E-state index contributed by atoms with van der Waals surface area (Å²) in [6, 6.07) is 14.1. The minimum absolute atomic E-state index is 0.135. The van der Waals surface area contributed by atoms with Gasteiger partial charge in [-0.1, -0.05) is 36.4 Å². The molecule has 4 aromatic rings. The van der Waals surface area contributed by atoms with Gasteiger partial charge in [0.1, 0.15) is 11.9 Å². The number of nitrogens with zero attached hydrogens (tertiary/aromatic N) is 2. The zero-order valence-corrected chi connectivity index (χ0v) is 20.2. The Kier molecular flexibility index (Phi) is 6.20. The van der Waals surface area contributed by atoms with E-state index in [0.29, 0.717) is 35.1 Å². The summed E-state index contributed by atoms with van der Waals surface area (Å²) >= 11 is 0. The molecular formula is C28H25N3O6. The number of hydrogen-bond donors (Lipinski definition) is 3. The average Bonchev–Trinajstić information content (AvgIpc) is 3.17. The molecule has 9 heteroatoms. The highest BCUT2D eigenvalue weighted by Gasteiger charge is 2.36. The lowest BCUT2D eigenvalue weighted by atomic mass is 9.97. The van der Waals surface area contributed by atoms with Gasteiger partial charge in [-0.25, -0.2) is 9.78 Å². The number of aryl methyl sites for hydroxylation is 3. The summed E-state index contributed by atoms with van der Waals surface area (Å²) in [5.74, 6) is -2.14. The number of carbonyl (C=O) groups is 3. The Morgan fingerprint density at radius 1 is 1.03 bits per heavy atom. The third kappa shape index (κ3) is 4.67. The molecule has 0 saturated heterocycles. The molecule has 5 rings (SSSR count). The van der Waals surface area contributed by atoms with Crippen molar-refractivity contribution in [1.82, 2.24) is 14.9 Å². The molecule has 1 amide bonds. The smallest absolute Gasteiger partial charge is 0.326 e. The fraction of sp³-hybridized carbons (Fsp3) is 0.250. The maximum Gasteiger partial charge on any atom is 0.326 e. The number of aliphatic carboxylic acids is 2. The van der Waals surface area contributed by atoms with Gasteiger partial charge in [0.15, 0.2) is 0 Å². The van der Waals surface area contributed by atoms with Crippen molar-refractivity contribution in [2.45, 2.75) is 45.2 Å². The fourth-order valence-corrected chi connectivity index (χ4v) is 5.04. The first-order valence-electron chi connectivity index (χ1n) is 12.0. The molecule has 1 unspecified atom stereocenters. The van der Waals surface area contributed by atoms with Crippen molar-refractivity contribution in [3.63, 3.8) is 0 Å². The number of aromatic nitrogens is 2. The van der Waals surface area contributed by atoms with Crippen molar-refractivity contribution in [3.8, 4) is 0 Å². The van der Waals surface area contributed by atoms with Crippen molar-refractivity contribution in [2.75, 3.05) is 0 Å². The Hall–Kier alpha value is -4.53. The lowest BCUT2D eigenvalue weighted by Crippen LogP contribution is -2.41. The Bertz CT molecular complexity index is 1640. The van der Waals surface area contributed by atoms with E-state index in [9.17, 15) is 24.3 Å². The van der Waals surface area contributed by atoms with Crippen molar-refractivity contribution in [2.24, 2.45) is 0 Å². The van der Waals surface area contributed by atoms with E-state index in [0.717, 1.165) is 27.5 Å². The second-order valence-corrected chi connectivity index (χ2v) is 9.38. The maximum absolute atomic E-state index is 12.8. The van der Waals surface area contributed by atoms with Crippen LogP contribution in [0.15, 0.2) is 53.3 Å². The first-order valence-corrected chi connectivity index (χ1v) is 12.0. The van der Waals surface area contributed by atoms with Crippen molar-refractivity contribution >= 4 is 39.5 Å². The molecule has 2 heterocycles. The largest absolute Gasteiger partial charge is 0.481 e. The van der Waals surface area contributed by atoms with Crippen LogP contribution in [0, 0.1) is 6.92 Å². The normalized spacial score (nSPS) is 13.8. The van der Waals surface area contributed by atoms with Crippen molar-refractivity contribution in [1.29, 1.82) is 0 Å². The molecule has 1 atom stereocenters. The van der Waals surface area contributed by atoms with Gasteiger partial charge >= 0.3 is 11.9 Å². The van der Waals surface area contributed by atoms with E-state index in [1.54, 1.807) is 13.0 Å². The molecule has 0 saturated carbocycles. The number of rotatable bonds is 8. The second kappa shape index (κ2) is 9.50. The summed E-state index contributed by atoms with van der Waals surface area (Å²) in [5.41, 5.74) is 3.73. The zero-order valence-electron chi connectivity index (χ0n) is 20.2. The zero-order chi connectivity index (χ0) is 26.3. The molecule has 3 N–H and O–H groups in total. The number of benzene rings is 3. The lowest BCUT2D eigenvalue weighted by molar-refractivity contribution is -0.143. The molecule has 188 valence electrons. The molecule has 1 aromatic heterocycles. The Labute approximate surface area is 211 Å². The molecule has 0 radical (unpaired) electrons. The SMILES string of the molecule is Cc1nc2ccc3ccc(CCc4ccc5c(c4)CN(C(CCC(=O)O)C(=O)O)C5=O)cc3c2c(=O)[nH]1. The van der Waals surface area contributed by atoms with E-state index in [1.807, 2.05) is 42.5 Å². The summed E-state index contributed by atoms with van der Waals surface area (Å²) in [4.78, 5) is 56.6. The highest BCUT2D eigenvalue weighted by atomic mass is 16.4. The molecule has 9 nitrogen and oxygen atoms in total. The van der Waals surface area contributed by atoms with Gasteiger partial charge in [-0.05, 0) is 65.8 Å². The number of aromatic amines is 1. The van der Waals surface area contributed by atoms with Crippen LogP contribution in [0.2, 0.25) is 0 Å². The quantitative estimate of drug-likeness (QED) is 0.315. The average molecular weight is 500 g/mol. The number of hydrogen-bond acceptors (Lipinski definition) is 5. The number of amides is 1. The molecule has 0 fully saturated rings. The maximum atomic E-state index is 12.8. The molecule has 3 aromatic carbocycles. The Morgan fingerprint density at radius 2 is 1.73 bits per heavy atom. The van der Waals surface area contributed by atoms with Crippen molar-refractivity contribution in [3.05, 3.63) is 87.0 Å². The van der Waals surface area contributed by atoms with Crippen LogP contribution in [0.4, 0.5) is 0 Å². The summed E-state index contributed by atoms with van der Waals surface area (Å²) < 4.78 is 0. The first-order chi connectivity index (χ1) is 17.7. The van der Waals surface area contributed by atoms with Gasteiger partial charge in [0.05, 0.1) is 10.9 Å². The Morgan fingerprint density at radius 3 is 2.46 bits per heavy atom. The van der Waals surface area contributed by atoms with E-state index >= 15 is 0 Å². The van der Waals surface area contributed by atoms with Gasteiger partial charge in [0, 0.05) is 18.5 Å². The highest BCUT2D eigenvalue weighted by Crippen LogP contribution is 2.28. The van der Waals surface area contributed by atoms with Gasteiger partial charge in [-0.2, -0.15) is 0 Å². The van der Waals surface area contributed by atoms with Crippen molar-refractivity contribution < 1.29 is 24.6 Å². The van der Waals surface area contributed by atoms with Crippen LogP contribution in [-0.4, -0.2) is 49.0 Å². The second-order valence-electron chi connectivity index (χ2n) is 9.38. The van der Waals surface area contributed by atoms with E-state index in [1.165, 1.54) is 4.90 Å². The number of carboxylic acids is 2. The topological polar surface area (TPSA) is 141 Å². The third-order valence-corrected chi connectivity index (χ3v) is 6.87. The molecule has 1 aliphatic heterocycles. The fourth-order valence-electron chi connectivity index (χ4n) is 5.04. The van der Waals surface area contributed by atoms with Crippen LogP contribution in [0.25, 0.3) is 21.7 Å². The summed E-state index contributed by atoms with van der Waals surface area (Å²) in [6.45, 7) is 1.89.